The second-order valence-electron chi connectivity index (χ2n) is 5.49. The highest BCUT2D eigenvalue weighted by atomic mass is 16.5. The van der Waals surface area contributed by atoms with E-state index in [0.717, 1.165) is 5.56 Å². The molecule has 0 radical (unpaired) electrons. The van der Waals surface area contributed by atoms with E-state index in [1.165, 1.54) is 0 Å². The lowest BCUT2D eigenvalue weighted by molar-refractivity contribution is 0.0696. The standard InChI is InChI=1S/C16H15N7O2/c24-15(14-20-13(21-25-14)12-2-6-17-7-3-12)22-8-10-23(11-9-22)16-18-4-1-5-19-16/h1-7H,8-11H2. The number of amides is 1. The summed E-state index contributed by atoms with van der Waals surface area (Å²) in [4.78, 5) is 32.9. The number of piperazine rings is 1. The average molecular weight is 337 g/mol. The van der Waals surface area contributed by atoms with Crippen LogP contribution in [-0.2, 0) is 0 Å². The van der Waals surface area contributed by atoms with Crippen molar-refractivity contribution in [3.63, 3.8) is 0 Å². The largest absolute Gasteiger partial charge is 0.337 e. The topological polar surface area (TPSA) is 101 Å². The molecule has 4 heterocycles. The Bertz CT molecular complexity index is 845. The summed E-state index contributed by atoms with van der Waals surface area (Å²) in [5, 5.41) is 3.87. The lowest BCUT2D eigenvalue weighted by Crippen LogP contribution is -2.49. The van der Waals surface area contributed by atoms with Gasteiger partial charge < -0.3 is 14.3 Å². The number of pyridine rings is 1. The van der Waals surface area contributed by atoms with Gasteiger partial charge in [0, 0.05) is 56.5 Å². The normalized spacial score (nSPS) is 14.6. The summed E-state index contributed by atoms with van der Waals surface area (Å²) in [6.45, 7) is 2.40. The number of anilines is 1. The van der Waals surface area contributed by atoms with E-state index in [4.69, 9.17) is 4.52 Å². The second kappa shape index (κ2) is 6.63. The van der Waals surface area contributed by atoms with E-state index in [1.54, 1.807) is 47.9 Å². The molecule has 3 aromatic heterocycles. The van der Waals surface area contributed by atoms with Crippen LogP contribution < -0.4 is 4.90 Å². The summed E-state index contributed by atoms with van der Waals surface area (Å²) in [6.07, 6.45) is 6.69. The van der Waals surface area contributed by atoms with Gasteiger partial charge in [-0.05, 0) is 18.2 Å². The molecule has 25 heavy (non-hydrogen) atoms. The Morgan fingerprint density at radius 2 is 1.72 bits per heavy atom. The zero-order chi connectivity index (χ0) is 17.1. The Morgan fingerprint density at radius 3 is 2.44 bits per heavy atom. The van der Waals surface area contributed by atoms with Crippen molar-refractivity contribution in [2.75, 3.05) is 31.1 Å². The number of carbonyl (C=O) groups excluding carboxylic acids is 1. The second-order valence-corrected chi connectivity index (χ2v) is 5.49. The van der Waals surface area contributed by atoms with Crippen molar-refractivity contribution in [1.29, 1.82) is 0 Å². The van der Waals surface area contributed by atoms with Gasteiger partial charge in [-0.25, -0.2) is 9.97 Å². The smallest absolute Gasteiger partial charge is 0.316 e. The maximum Gasteiger partial charge on any atom is 0.316 e. The van der Waals surface area contributed by atoms with Crippen LogP contribution in [0.4, 0.5) is 5.95 Å². The summed E-state index contributed by atoms with van der Waals surface area (Å²) in [7, 11) is 0. The van der Waals surface area contributed by atoms with Gasteiger partial charge >= 0.3 is 11.8 Å². The fourth-order valence-corrected chi connectivity index (χ4v) is 2.63. The number of aromatic nitrogens is 5. The van der Waals surface area contributed by atoms with Gasteiger partial charge in [0.15, 0.2) is 0 Å². The Morgan fingerprint density at radius 1 is 1.00 bits per heavy atom. The van der Waals surface area contributed by atoms with Crippen LogP contribution in [0.25, 0.3) is 11.4 Å². The van der Waals surface area contributed by atoms with Crippen LogP contribution >= 0.6 is 0 Å². The fraction of sp³-hybridized carbons (Fsp3) is 0.250. The van der Waals surface area contributed by atoms with E-state index in [-0.39, 0.29) is 11.8 Å². The van der Waals surface area contributed by atoms with E-state index in [9.17, 15) is 4.79 Å². The molecular formula is C16H15N7O2. The third-order valence-corrected chi connectivity index (χ3v) is 3.95. The molecule has 0 unspecified atom stereocenters. The number of hydrogen-bond donors (Lipinski definition) is 0. The van der Waals surface area contributed by atoms with Gasteiger partial charge in [0.25, 0.3) is 0 Å². The summed E-state index contributed by atoms with van der Waals surface area (Å²) in [5.41, 5.74) is 0.754. The molecule has 1 aliphatic rings. The molecule has 0 bridgehead atoms. The molecule has 9 nitrogen and oxygen atoms in total. The Kier molecular flexibility index (Phi) is 4.03. The molecule has 9 heteroatoms. The van der Waals surface area contributed by atoms with Gasteiger partial charge in [0.1, 0.15) is 0 Å². The monoisotopic (exact) mass is 337 g/mol. The zero-order valence-electron chi connectivity index (χ0n) is 13.3. The van der Waals surface area contributed by atoms with Gasteiger partial charge in [-0.2, -0.15) is 4.98 Å². The Labute approximate surface area is 143 Å². The minimum Gasteiger partial charge on any atom is -0.337 e. The van der Waals surface area contributed by atoms with Crippen LogP contribution in [0.1, 0.15) is 10.7 Å². The van der Waals surface area contributed by atoms with E-state index in [0.29, 0.717) is 38.0 Å². The van der Waals surface area contributed by atoms with Crippen LogP contribution in [0.3, 0.4) is 0 Å². The highest BCUT2D eigenvalue weighted by Gasteiger charge is 2.27. The van der Waals surface area contributed by atoms with Crippen molar-refractivity contribution in [2.45, 2.75) is 0 Å². The lowest BCUT2D eigenvalue weighted by atomic mass is 10.2. The van der Waals surface area contributed by atoms with E-state index in [2.05, 4.69) is 25.1 Å². The van der Waals surface area contributed by atoms with Crippen molar-refractivity contribution >= 4 is 11.9 Å². The molecule has 0 aromatic carbocycles. The quantitative estimate of drug-likeness (QED) is 0.694. The minimum atomic E-state index is -0.263. The van der Waals surface area contributed by atoms with Crippen molar-refractivity contribution in [2.24, 2.45) is 0 Å². The molecule has 1 fully saturated rings. The van der Waals surface area contributed by atoms with Crippen molar-refractivity contribution in [3.05, 3.63) is 48.9 Å². The molecule has 4 rings (SSSR count). The van der Waals surface area contributed by atoms with Crippen molar-refractivity contribution in [1.82, 2.24) is 30.0 Å². The van der Waals surface area contributed by atoms with Crippen molar-refractivity contribution < 1.29 is 9.32 Å². The van der Waals surface area contributed by atoms with Crippen molar-refractivity contribution in [3.8, 4) is 11.4 Å². The molecule has 0 N–H and O–H groups in total. The van der Waals surface area contributed by atoms with Gasteiger partial charge in [0.2, 0.25) is 11.8 Å². The first kappa shape index (κ1) is 15.2. The molecule has 1 aliphatic heterocycles. The number of rotatable bonds is 3. The van der Waals surface area contributed by atoms with Gasteiger partial charge in [0.05, 0.1) is 0 Å². The predicted octanol–water partition coefficient (Wildman–Crippen LogP) is 0.884. The van der Waals surface area contributed by atoms with E-state index in [1.807, 2.05) is 4.90 Å². The summed E-state index contributed by atoms with van der Waals surface area (Å²) >= 11 is 0. The molecule has 1 amide bonds. The van der Waals surface area contributed by atoms with Crippen LogP contribution in [-0.4, -0.2) is 62.1 Å². The first-order valence-electron chi connectivity index (χ1n) is 7.86. The number of carbonyl (C=O) groups is 1. The molecule has 1 saturated heterocycles. The summed E-state index contributed by atoms with van der Waals surface area (Å²) in [5.74, 6) is 0.784. The predicted molar refractivity (Wildman–Crippen MR) is 87.7 cm³/mol. The van der Waals surface area contributed by atoms with Crippen LogP contribution in [0, 0.1) is 0 Å². The molecular weight excluding hydrogens is 322 g/mol. The number of nitrogens with zero attached hydrogens (tertiary/aromatic N) is 7. The first-order chi connectivity index (χ1) is 12.3. The van der Waals surface area contributed by atoms with Gasteiger partial charge in [-0.15, -0.1) is 0 Å². The Hall–Kier alpha value is -3.36. The maximum absolute atomic E-state index is 12.6. The highest BCUT2D eigenvalue weighted by Crippen LogP contribution is 2.16. The molecule has 0 aliphatic carbocycles. The average Bonchev–Trinajstić information content (AvgIpc) is 3.19. The molecule has 0 atom stereocenters. The third kappa shape index (κ3) is 3.16. The SMILES string of the molecule is O=C(c1nc(-c2ccncc2)no1)N1CCN(c2ncccn2)CC1. The van der Waals surface area contributed by atoms with Crippen LogP contribution in [0.2, 0.25) is 0 Å². The summed E-state index contributed by atoms with van der Waals surface area (Å²) < 4.78 is 5.13. The van der Waals surface area contributed by atoms with Crippen LogP contribution in [0.5, 0.6) is 0 Å². The first-order valence-corrected chi connectivity index (χ1v) is 7.86. The van der Waals surface area contributed by atoms with Crippen LogP contribution in [0.15, 0.2) is 47.5 Å². The minimum absolute atomic E-state index is 0.00350. The van der Waals surface area contributed by atoms with E-state index < -0.39 is 0 Å². The Balaban J connectivity index is 1.42. The molecule has 126 valence electrons. The number of hydrogen-bond acceptors (Lipinski definition) is 8. The van der Waals surface area contributed by atoms with Gasteiger partial charge in [-0.1, -0.05) is 5.16 Å². The molecule has 0 spiro atoms. The summed E-state index contributed by atoms with van der Waals surface area (Å²) in [6, 6.07) is 5.30. The highest BCUT2D eigenvalue weighted by molar-refractivity contribution is 5.90. The third-order valence-electron chi connectivity index (χ3n) is 3.95. The maximum atomic E-state index is 12.6. The molecule has 3 aromatic rings. The lowest BCUT2D eigenvalue weighted by Gasteiger charge is -2.33. The zero-order valence-corrected chi connectivity index (χ0v) is 13.3. The van der Waals surface area contributed by atoms with E-state index >= 15 is 0 Å². The fourth-order valence-electron chi connectivity index (χ4n) is 2.63. The molecule has 0 saturated carbocycles. The van der Waals surface area contributed by atoms with Gasteiger partial charge in [-0.3, -0.25) is 9.78 Å².